The number of ketones is 1. The lowest BCUT2D eigenvalue weighted by atomic mass is 9.89. The molecule has 3 heteroatoms. The Morgan fingerprint density at radius 1 is 0.838 bits per heavy atom. The Morgan fingerprint density at radius 3 is 1.92 bits per heavy atom. The Balaban J connectivity index is 1.70. The molecule has 0 saturated heterocycles. The molecule has 2 nitrogen and oxygen atoms in total. The van der Waals surface area contributed by atoms with Gasteiger partial charge in [0.05, 0.1) is 0 Å². The number of Topliss-reactive ketones (excluding diaryl/α,β-unsaturated/α-hetero) is 1. The molecule has 0 unspecified atom stereocenters. The van der Waals surface area contributed by atoms with Crippen LogP contribution >= 0.6 is 0 Å². The SMILES string of the molecule is C[C@H]([C@H]1C=CC2=C(CCCC2=O)N1Cc1ccccc1)[Si](c1ccccc1)(c1ccccc1)C(C)(C)C. The minimum Gasteiger partial charge on any atom is -0.363 e. The first kappa shape index (κ1) is 25.5. The lowest BCUT2D eigenvalue weighted by molar-refractivity contribution is -0.116. The second-order valence-corrected chi connectivity index (χ2v) is 16.9. The number of rotatable bonds is 6. The second kappa shape index (κ2) is 10.3. The van der Waals surface area contributed by atoms with E-state index in [1.54, 1.807) is 0 Å². The molecule has 1 aliphatic carbocycles. The quantitative estimate of drug-likeness (QED) is 0.340. The van der Waals surface area contributed by atoms with Gasteiger partial charge in [0.2, 0.25) is 0 Å². The second-order valence-electron chi connectivity index (χ2n) is 11.7. The predicted octanol–water partition coefficient (Wildman–Crippen LogP) is 6.89. The van der Waals surface area contributed by atoms with Gasteiger partial charge in [-0.25, -0.2) is 0 Å². The van der Waals surface area contributed by atoms with Gasteiger partial charge in [0.25, 0.3) is 0 Å². The molecule has 2 aliphatic rings. The third-order valence-electron chi connectivity index (χ3n) is 8.63. The minimum absolute atomic E-state index is 0.0679. The van der Waals surface area contributed by atoms with Crippen LogP contribution in [0, 0.1) is 0 Å². The zero-order chi connectivity index (χ0) is 26.0. The summed E-state index contributed by atoms with van der Waals surface area (Å²) in [5.74, 6) is 0.298. The molecule has 0 amide bonds. The zero-order valence-corrected chi connectivity index (χ0v) is 23.7. The highest BCUT2D eigenvalue weighted by molar-refractivity contribution is 7.05. The monoisotopic (exact) mass is 505 g/mol. The van der Waals surface area contributed by atoms with Gasteiger partial charge in [0, 0.05) is 30.3 Å². The van der Waals surface area contributed by atoms with Crippen LogP contribution in [0.3, 0.4) is 0 Å². The van der Waals surface area contributed by atoms with E-state index in [1.165, 1.54) is 21.6 Å². The summed E-state index contributed by atoms with van der Waals surface area (Å²) >= 11 is 0. The molecule has 0 spiro atoms. The molecule has 0 fully saturated rings. The zero-order valence-electron chi connectivity index (χ0n) is 22.7. The number of benzene rings is 3. The Labute approximate surface area is 223 Å². The van der Waals surface area contributed by atoms with Gasteiger partial charge in [-0.2, -0.15) is 0 Å². The maximum atomic E-state index is 13.0. The van der Waals surface area contributed by atoms with Crippen molar-refractivity contribution >= 4 is 24.2 Å². The third-order valence-corrected chi connectivity index (χ3v) is 15.2. The number of nitrogens with zero attached hydrogens (tertiary/aromatic N) is 1. The Morgan fingerprint density at radius 2 is 1.38 bits per heavy atom. The van der Waals surface area contributed by atoms with Crippen molar-refractivity contribution in [3.63, 3.8) is 0 Å². The molecule has 0 radical (unpaired) electrons. The van der Waals surface area contributed by atoms with E-state index < -0.39 is 8.07 Å². The van der Waals surface area contributed by atoms with Crippen LogP contribution in [0.1, 0.15) is 52.5 Å². The van der Waals surface area contributed by atoms with Gasteiger partial charge in [-0.05, 0) is 29.0 Å². The molecule has 190 valence electrons. The molecule has 0 N–H and O–H groups in total. The van der Waals surface area contributed by atoms with E-state index in [9.17, 15) is 4.79 Å². The molecule has 0 bridgehead atoms. The van der Waals surface area contributed by atoms with Crippen molar-refractivity contribution in [1.82, 2.24) is 4.90 Å². The van der Waals surface area contributed by atoms with Crippen LogP contribution in [0.15, 0.2) is 114 Å². The fourth-order valence-electron chi connectivity index (χ4n) is 7.13. The summed E-state index contributed by atoms with van der Waals surface area (Å²) in [7, 11) is -2.37. The number of carbonyl (C=O) groups excluding carboxylic acids is 1. The van der Waals surface area contributed by atoms with E-state index in [2.05, 4.69) is 136 Å². The molecule has 0 aromatic heterocycles. The maximum Gasteiger partial charge on any atom is 0.164 e. The topological polar surface area (TPSA) is 20.3 Å². The summed E-state index contributed by atoms with van der Waals surface area (Å²) in [5, 5.41) is 3.03. The number of allylic oxidation sites excluding steroid dienone is 3. The fourth-order valence-corrected chi connectivity index (χ4v) is 13.9. The van der Waals surface area contributed by atoms with Gasteiger partial charge in [-0.3, -0.25) is 4.79 Å². The number of carbonyl (C=O) groups is 1. The molecule has 1 aliphatic heterocycles. The first-order valence-electron chi connectivity index (χ1n) is 13.7. The highest BCUT2D eigenvalue weighted by Gasteiger charge is 2.54. The Kier molecular flexibility index (Phi) is 7.09. The third kappa shape index (κ3) is 4.55. The molecule has 3 aromatic carbocycles. The average molecular weight is 506 g/mol. The summed E-state index contributed by atoms with van der Waals surface area (Å²) in [6.07, 6.45) is 7.10. The van der Waals surface area contributed by atoms with E-state index in [1.807, 2.05) is 0 Å². The number of hydrogen-bond donors (Lipinski definition) is 0. The van der Waals surface area contributed by atoms with Crippen LogP contribution in [0.5, 0.6) is 0 Å². The average Bonchev–Trinajstić information content (AvgIpc) is 2.90. The molecule has 37 heavy (non-hydrogen) atoms. The fraction of sp³-hybridized carbons (Fsp3) is 0.324. The van der Waals surface area contributed by atoms with Crippen LogP contribution in [0.25, 0.3) is 0 Å². The van der Waals surface area contributed by atoms with E-state index in [-0.39, 0.29) is 11.1 Å². The van der Waals surface area contributed by atoms with Gasteiger partial charge in [-0.15, -0.1) is 0 Å². The lowest BCUT2D eigenvalue weighted by Gasteiger charge is -2.53. The summed E-state index contributed by atoms with van der Waals surface area (Å²) in [4.78, 5) is 15.6. The van der Waals surface area contributed by atoms with Crippen LogP contribution in [0.2, 0.25) is 10.6 Å². The van der Waals surface area contributed by atoms with E-state index in [0.29, 0.717) is 17.7 Å². The summed E-state index contributed by atoms with van der Waals surface area (Å²) < 4.78 is 0. The molecule has 5 rings (SSSR count). The van der Waals surface area contributed by atoms with Crippen molar-refractivity contribution in [2.75, 3.05) is 0 Å². The summed E-state index contributed by atoms with van der Waals surface area (Å²) in [5.41, 5.74) is 3.84. The van der Waals surface area contributed by atoms with Crippen molar-refractivity contribution in [3.8, 4) is 0 Å². The van der Waals surface area contributed by atoms with Crippen LogP contribution in [0.4, 0.5) is 0 Å². The normalized spacial score (nSPS) is 19.1. The minimum atomic E-state index is -2.37. The smallest absolute Gasteiger partial charge is 0.164 e. The van der Waals surface area contributed by atoms with E-state index >= 15 is 0 Å². The largest absolute Gasteiger partial charge is 0.363 e. The van der Waals surface area contributed by atoms with Gasteiger partial charge in [-0.1, -0.05) is 141 Å². The van der Waals surface area contributed by atoms with Crippen molar-refractivity contribution in [3.05, 3.63) is 120 Å². The highest BCUT2D eigenvalue weighted by atomic mass is 28.3. The van der Waals surface area contributed by atoms with Gasteiger partial charge in [0.1, 0.15) is 8.07 Å². The number of hydrogen-bond acceptors (Lipinski definition) is 2. The lowest BCUT2D eigenvalue weighted by Crippen LogP contribution is -2.69. The van der Waals surface area contributed by atoms with E-state index in [4.69, 9.17) is 0 Å². The van der Waals surface area contributed by atoms with Gasteiger partial charge in [0.15, 0.2) is 5.78 Å². The molecular weight excluding hydrogens is 466 g/mol. The van der Waals surface area contributed by atoms with Crippen molar-refractivity contribution in [2.24, 2.45) is 0 Å². The maximum absolute atomic E-state index is 13.0. The van der Waals surface area contributed by atoms with Gasteiger partial charge >= 0.3 is 0 Å². The van der Waals surface area contributed by atoms with Crippen molar-refractivity contribution in [2.45, 2.75) is 70.1 Å². The first-order valence-corrected chi connectivity index (χ1v) is 15.8. The van der Waals surface area contributed by atoms with Crippen LogP contribution in [-0.2, 0) is 11.3 Å². The standard InChI is InChI=1S/C34H39NOSi/c1-26(37(34(2,3)4,28-17-10-6-11-18-28)29-19-12-7-13-20-29)31-24-23-30-32(21-14-22-33(30)36)35(31)25-27-15-8-5-9-16-27/h5-13,15-20,23-24,26,31H,14,21-22,25H2,1-4H3/t26-,31-/m1/s1. The molecule has 2 atom stereocenters. The van der Waals surface area contributed by atoms with Crippen LogP contribution < -0.4 is 10.4 Å². The summed E-state index contributed by atoms with van der Waals surface area (Å²) in [6, 6.07) is 33.5. The first-order chi connectivity index (χ1) is 17.8. The molecular formula is C34H39NOSi. The predicted molar refractivity (Wildman–Crippen MR) is 158 cm³/mol. The Hall–Kier alpha value is -3.17. The van der Waals surface area contributed by atoms with Crippen molar-refractivity contribution in [1.29, 1.82) is 0 Å². The van der Waals surface area contributed by atoms with Crippen LogP contribution in [-0.4, -0.2) is 24.8 Å². The van der Waals surface area contributed by atoms with Gasteiger partial charge < -0.3 is 4.90 Å². The van der Waals surface area contributed by atoms with Crippen molar-refractivity contribution < 1.29 is 4.79 Å². The molecule has 3 aromatic rings. The summed E-state index contributed by atoms with van der Waals surface area (Å²) in [6.45, 7) is 10.6. The molecule has 0 saturated carbocycles. The molecule has 1 heterocycles. The Bertz CT molecular complexity index is 1250. The van der Waals surface area contributed by atoms with E-state index in [0.717, 1.165) is 25.0 Å². The highest BCUT2D eigenvalue weighted by Crippen LogP contribution is 2.48.